The molecule has 1 atom stereocenters. The van der Waals surface area contributed by atoms with Crippen LogP contribution in [-0.4, -0.2) is 49.0 Å². The number of furan rings is 1. The topological polar surface area (TPSA) is 81.9 Å². The molecule has 0 radical (unpaired) electrons. The maximum absolute atomic E-state index is 12.1. The molecule has 1 amide bonds. The first-order chi connectivity index (χ1) is 15.0. The SMILES string of the molecule is CCNC(=NCc1ccc(NC(=O)c2ccco2)cc1)NC(C)CCCN(CC)CC.I. The van der Waals surface area contributed by atoms with Crippen LogP contribution in [0.4, 0.5) is 5.69 Å². The van der Waals surface area contributed by atoms with Crippen LogP contribution in [-0.2, 0) is 6.54 Å². The van der Waals surface area contributed by atoms with Crippen molar-refractivity contribution in [3.05, 3.63) is 54.0 Å². The highest BCUT2D eigenvalue weighted by Gasteiger charge is 2.09. The number of benzene rings is 1. The molecule has 1 aromatic heterocycles. The summed E-state index contributed by atoms with van der Waals surface area (Å²) in [4.78, 5) is 19.2. The molecule has 178 valence electrons. The summed E-state index contributed by atoms with van der Waals surface area (Å²) in [5.41, 5.74) is 1.79. The highest BCUT2D eigenvalue weighted by atomic mass is 127. The Labute approximate surface area is 209 Å². The van der Waals surface area contributed by atoms with E-state index in [4.69, 9.17) is 9.41 Å². The second kappa shape index (κ2) is 15.7. The zero-order valence-electron chi connectivity index (χ0n) is 19.7. The number of guanidine groups is 1. The number of nitrogens with one attached hydrogen (secondary N) is 3. The van der Waals surface area contributed by atoms with E-state index in [1.807, 2.05) is 24.3 Å². The van der Waals surface area contributed by atoms with Crippen LogP contribution >= 0.6 is 24.0 Å². The molecule has 2 rings (SSSR count). The molecule has 3 N–H and O–H groups in total. The van der Waals surface area contributed by atoms with E-state index in [1.54, 1.807) is 12.1 Å². The van der Waals surface area contributed by atoms with Gasteiger partial charge in [0.15, 0.2) is 11.7 Å². The number of carbonyl (C=O) groups is 1. The second-order valence-corrected chi connectivity index (χ2v) is 7.54. The van der Waals surface area contributed by atoms with Crippen LogP contribution in [0.1, 0.15) is 56.7 Å². The van der Waals surface area contributed by atoms with E-state index in [1.165, 1.54) is 12.7 Å². The maximum atomic E-state index is 12.1. The Balaban J connectivity index is 0.00000512. The first kappa shape index (κ1) is 28.0. The number of nitrogens with zero attached hydrogens (tertiary/aromatic N) is 2. The molecule has 0 spiro atoms. The fraction of sp³-hybridized carbons (Fsp3) is 0.500. The van der Waals surface area contributed by atoms with Crippen LogP contribution in [0.15, 0.2) is 52.1 Å². The molecular formula is C24H38IN5O2. The van der Waals surface area contributed by atoms with Crippen molar-refractivity contribution >= 4 is 41.5 Å². The third kappa shape index (κ3) is 10.0. The number of hydrogen-bond donors (Lipinski definition) is 3. The zero-order valence-corrected chi connectivity index (χ0v) is 22.0. The highest BCUT2D eigenvalue weighted by molar-refractivity contribution is 14.0. The third-order valence-electron chi connectivity index (χ3n) is 5.11. The van der Waals surface area contributed by atoms with Crippen LogP contribution in [0.5, 0.6) is 0 Å². The number of anilines is 1. The summed E-state index contributed by atoms with van der Waals surface area (Å²) in [6.45, 7) is 13.4. The number of aliphatic imine (C=N–C) groups is 1. The molecule has 0 saturated heterocycles. The monoisotopic (exact) mass is 555 g/mol. The lowest BCUT2D eigenvalue weighted by atomic mass is 10.2. The Bertz CT molecular complexity index is 789. The van der Waals surface area contributed by atoms with E-state index in [0.29, 0.717) is 18.3 Å². The minimum Gasteiger partial charge on any atom is -0.459 e. The Morgan fingerprint density at radius 1 is 1.12 bits per heavy atom. The van der Waals surface area contributed by atoms with Crippen molar-refractivity contribution in [2.45, 2.75) is 53.1 Å². The van der Waals surface area contributed by atoms with Gasteiger partial charge < -0.3 is 25.3 Å². The Morgan fingerprint density at radius 2 is 1.84 bits per heavy atom. The maximum Gasteiger partial charge on any atom is 0.291 e. The average Bonchev–Trinajstić information content (AvgIpc) is 3.31. The quantitative estimate of drug-likeness (QED) is 0.201. The first-order valence-electron chi connectivity index (χ1n) is 11.3. The van der Waals surface area contributed by atoms with Gasteiger partial charge in [0.1, 0.15) is 0 Å². The Hall–Kier alpha value is -2.07. The number of rotatable bonds is 12. The van der Waals surface area contributed by atoms with E-state index in [-0.39, 0.29) is 29.9 Å². The molecule has 8 heteroatoms. The van der Waals surface area contributed by atoms with Gasteiger partial charge >= 0.3 is 0 Å². The first-order valence-corrected chi connectivity index (χ1v) is 11.3. The molecule has 1 unspecified atom stereocenters. The second-order valence-electron chi connectivity index (χ2n) is 7.54. The van der Waals surface area contributed by atoms with Gasteiger partial charge in [0.25, 0.3) is 5.91 Å². The molecule has 0 aliphatic rings. The van der Waals surface area contributed by atoms with E-state index >= 15 is 0 Å². The number of halogens is 1. The van der Waals surface area contributed by atoms with Gasteiger partial charge in [0.05, 0.1) is 12.8 Å². The summed E-state index contributed by atoms with van der Waals surface area (Å²) >= 11 is 0. The number of carbonyl (C=O) groups excluding carboxylic acids is 1. The molecule has 0 saturated carbocycles. The third-order valence-corrected chi connectivity index (χ3v) is 5.11. The van der Waals surface area contributed by atoms with Crippen LogP contribution in [0.2, 0.25) is 0 Å². The summed E-state index contributed by atoms with van der Waals surface area (Å²) in [6.07, 6.45) is 3.75. The fourth-order valence-corrected chi connectivity index (χ4v) is 3.25. The zero-order chi connectivity index (χ0) is 22.5. The number of hydrogen-bond acceptors (Lipinski definition) is 4. The molecule has 0 aliphatic carbocycles. The van der Waals surface area contributed by atoms with Crippen molar-refractivity contribution in [1.29, 1.82) is 0 Å². The van der Waals surface area contributed by atoms with Crippen molar-refractivity contribution in [2.24, 2.45) is 4.99 Å². The Kier molecular flexibility index (Phi) is 13.7. The Morgan fingerprint density at radius 3 is 2.44 bits per heavy atom. The van der Waals surface area contributed by atoms with E-state index in [0.717, 1.165) is 49.8 Å². The van der Waals surface area contributed by atoms with E-state index < -0.39 is 0 Å². The van der Waals surface area contributed by atoms with E-state index in [2.05, 4.69) is 48.5 Å². The lowest BCUT2D eigenvalue weighted by molar-refractivity contribution is 0.0996. The van der Waals surface area contributed by atoms with Crippen LogP contribution in [0.25, 0.3) is 0 Å². The van der Waals surface area contributed by atoms with Crippen LogP contribution in [0, 0.1) is 0 Å². The van der Waals surface area contributed by atoms with Crippen molar-refractivity contribution in [3.8, 4) is 0 Å². The minimum atomic E-state index is -0.260. The van der Waals surface area contributed by atoms with Gasteiger partial charge in [-0.2, -0.15) is 0 Å². The van der Waals surface area contributed by atoms with E-state index in [9.17, 15) is 4.79 Å². The molecule has 7 nitrogen and oxygen atoms in total. The van der Waals surface area contributed by atoms with Crippen molar-refractivity contribution in [3.63, 3.8) is 0 Å². The van der Waals surface area contributed by atoms with Gasteiger partial charge in [-0.1, -0.05) is 26.0 Å². The smallest absolute Gasteiger partial charge is 0.291 e. The average molecular weight is 556 g/mol. The lowest BCUT2D eigenvalue weighted by Gasteiger charge is -2.21. The summed E-state index contributed by atoms with van der Waals surface area (Å²) in [5.74, 6) is 0.860. The summed E-state index contributed by atoms with van der Waals surface area (Å²) in [7, 11) is 0. The number of amides is 1. The molecule has 2 aromatic rings. The predicted octanol–water partition coefficient (Wildman–Crippen LogP) is 4.72. The molecular weight excluding hydrogens is 517 g/mol. The summed E-state index contributed by atoms with van der Waals surface area (Å²) < 4.78 is 5.11. The van der Waals surface area contributed by atoms with Gasteiger partial charge in [-0.3, -0.25) is 4.79 Å². The van der Waals surface area contributed by atoms with Gasteiger partial charge in [0.2, 0.25) is 0 Å². The summed E-state index contributed by atoms with van der Waals surface area (Å²) in [6, 6.07) is 11.4. The highest BCUT2D eigenvalue weighted by Crippen LogP contribution is 2.12. The molecule has 0 aliphatic heterocycles. The normalized spacial score (nSPS) is 12.2. The largest absolute Gasteiger partial charge is 0.459 e. The molecule has 1 aromatic carbocycles. The summed E-state index contributed by atoms with van der Waals surface area (Å²) in [5, 5.41) is 9.65. The predicted molar refractivity (Wildman–Crippen MR) is 143 cm³/mol. The van der Waals surface area contributed by atoms with Gasteiger partial charge in [-0.15, -0.1) is 24.0 Å². The van der Waals surface area contributed by atoms with Crippen molar-refractivity contribution < 1.29 is 9.21 Å². The molecule has 1 heterocycles. The molecule has 0 fully saturated rings. The van der Waals surface area contributed by atoms with Crippen molar-refractivity contribution in [1.82, 2.24) is 15.5 Å². The molecule has 0 bridgehead atoms. The van der Waals surface area contributed by atoms with Crippen molar-refractivity contribution in [2.75, 3.05) is 31.5 Å². The fourth-order valence-electron chi connectivity index (χ4n) is 3.25. The van der Waals surface area contributed by atoms with Gasteiger partial charge in [-0.25, -0.2) is 4.99 Å². The molecule has 32 heavy (non-hydrogen) atoms. The van der Waals surface area contributed by atoms with Gasteiger partial charge in [0, 0.05) is 18.3 Å². The standard InChI is InChI=1S/C24H37N5O2.HI/c1-5-25-24(27-19(4)10-8-16-29(6-2)7-3)26-18-20-12-14-21(15-13-20)28-23(30)22-11-9-17-31-22;/h9,11-15,17,19H,5-8,10,16,18H2,1-4H3,(H,28,30)(H2,25,26,27);1H. The lowest BCUT2D eigenvalue weighted by Crippen LogP contribution is -2.42. The van der Waals surface area contributed by atoms with Crippen LogP contribution in [0.3, 0.4) is 0 Å². The minimum absolute atomic E-state index is 0. The van der Waals surface area contributed by atoms with Gasteiger partial charge in [-0.05, 0) is 76.2 Å². The van der Waals surface area contributed by atoms with Crippen LogP contribution < -0.4 is 16.0 Å².